The SMILES string of the molecule is CSc1ncc(CN2CCCC(N(C)CCc3ccccn3)C2)cn1. The predicted octanol–water partition coefficient (Wildman–Crippen LogP) is 2.73. The minimum Gasteiger partial charge on any atom is -0.302 e. The molecule has 1 atom stereocenters. The fourth-order valence-corrected chi connectivity index (χ4v) is 3.66. The van der Waals surface area contributed by atoms with Crippen LogP contribution < -0.4 is 0 Å². The lowest BCUT2D eigenvalue weighted by molar-refractivity contribution is 0.112. The summed E-state index contributed by atoms with van der Waals surface area (Å²) in [5, 5.41) is 0.842. The summed E-state index contributed by atoms with van der Waals surface area (Å²) in [6.07, 6.45) is 11.4. The van der Waals surface area contributed by atoms with E-state index in [2.05, 4.69) is 43.9 Å². The van der Waals surface area contributed by atoms with Crippen molar-refractivity contribution in [1.82, 2.24) is 24.8 Å². The van der Waals surface area contributed by atoms with E-state index in [9.17, 15) is 0 Å². The highest BCUT2D eigenvalue weighted by Gasteiger charge is 2.23. The molecule has 0 saturated carbocycles. The van der Waals surface area contributed by atoms with Crippen LogP contribution in [0.2, 0.25) is 0 Å². The van der Waals surface area contributed by atoms with Crippen LogP contribution in [-0.4, -0.2) is 63.7 Å². The van der Waals surface area contributed by atoms with Crippen LogP contribution in [0.3, 0.4) is 0 Å². The third kappa shape index (κ3) is 5.49. The Morgan fingerprint density at radius 3 is 2.80 bits per heavy atom. The van der Waals surface area contributed by atoms with Crippen molar-refractivity contribution in [3.05, 3.63) is 48.0 Å². The number of likely N-dealkylation sites (N-methyl/N-ethyl adjacent to an activating group) is 1. The van der Waals surface area contributed by atoms with Crippen molar-refractivity contribution in [2.75, 3.05) is 32.9 Å². The summed E-state index contributed by atoms with van der Waals surface area (Å²) in [6, 6.07) is 6.76. The second-order valence-electron chi connectivity index (χ2n) is 6.66. The van der Waals surface area contributed by atoms with Gasteiger partial charge in [-0.25, -0.2) is 9.97 Å². The average molecular weight is 358 g/mol. The lowest BCUT2D eigenvalue weighted by Gasteiger charge is -2.37. The number of rotatable bonds is 7. The van der Waals surface area contributed by atoms with Crippen LogP contribution >= 0.6 is 11.8 Å². The fourth-order valence-electron chi connectivity index (χ4n) is 3.34. The third-order valence-electron chi connectivity index (χ3n) is 4.82. The van der Waals surface area contributed by atoms with Gasteiger partial charge in [0.15, 0.2) is 5.16 Å². The van der Waals surface area contributed by atoms with E-state index in [0.29, 0.717) is 6.04 Å². The number of aromatic nitrogens is 3. The summed E-state index contributed by atoms with van der Waals surface area (Å²) in [4.78, 5) is 18.2. The van der Waals surface area contributed by atoms with Crippen molar-refractivity contribution in [3.8, 4) is 0 Å². The lowest BCUT2D eigenvalue weighted by Crippen LogP contribution is -2.46. The van der Waals surface area contributed by atoms with Crippen molar-refractivity contribution < 1.29 is 0 Å². The number of nitrogens with zero attached hydrogens (tertiary/aromatic N) is 5. The van der Waals surface area contributed by atoms with Crippen molar-refractivity contribution in [2.24, 2.45) is 0 Å². The van der Waals surface area contributed by atoms with Gasteiger partial charge in [0, 0.05) is 61.9 Å². The largest absolute Gasteiger partial charge is 0.302 e. The van der Waals surface area contributed by atoms with Crippen LogP contribution in [0.1, 0.15) is 24.1 Å². The highest BCUT2D eigenvalue weighted by Crippen LogP contribution is 2.17. The minimum absolute atomic E-state index is 0.615. The van der Waals surface area contributed by atoms with E-state index in [1.54, 1.807) is 11.8 Å². The van der Waals surface area contributed by atoms with Gasteiger partial charge in [-0.2, -0.15) is 0 Å². The number of piperidine rings is 1. The Morgan fingerprint density at radius 2 is 2.08 bits per heavy atom. The zero-order valence-electron chi connectivity index (χ0n) is 15.1. The van der Waals surface area contributed by atoms with E-state index >= 15 is 0 Å². The molecule has 0 N–H and O–H groups in total. The number of likely N-dealkylation sites (tertiary alicyclic amines) is 1. The summed E-state index contributed by atoms with van der Waals surface area (Å²) < 4.78 is 0. The van der Waals surface area contributed by atoms with Gasteiger partial charge in [0.2, 0.25) is 0 Å². The molecule has 5 nitrogen and oxygen atoms in total. The van der Waals surface area contributed by atoms with Gasteiger partial charge in [-0.05, 0) is 44.8 Å². The smallest absolute Gasteiger partial charge is 0.187 e. The van der Waals surface area contributed by atoms with E-state index in [1.165, 1.54) is 24.1 Å². The molecule has 25 heavy (non-hydrogen) atoms. The number of thioether (sulfide) groups is 1. The molecule has 2 aromatic heterocycles. The Kier molecular flexibility index (Phi) is 6.78. The molecule has 1 saturated heterocycles. The molecule has 1 aliphatic rings. The molecule has 1 aliphatic heterocycles. The highest BCUT2D eigenvalue weighted by molar-refractivity contribution is 7.98. The van der Waals surface area contributed by atoms with E-state index in [-0.39, 0.29) is 0 Å². The molecule has 3 rings (SSSR count). The van der Waals surface area contributed by atoms with Crippen LogP contribution in [0.5, 0.6) is 0 Å². The zero-order chi connectivity index (χ0) is 17.5. The van der Waals surface area contributed by atoms with Crippen LogP contribution in [0.25, 0.3) is 0 Å². The molecule has 6 heteroatoms. The number of hydrogen-bond acceptors (Lipinski definition) is 6. The van der Waals surface area contributed by atoms with Crippen LogP contribution in [0.4, 0.5) is 0 Å². The maximum absolute atomic E-state index is 4.43. The summed E-state index contributed by atoms with van der Waals surface area (Å²) >= 11 is 1.58. The minimum atomic E-state index is 0.615. The van der Waals surface area contributed by atoms with Gasteiger partial charge >= 0.3 is 0 Å². The first-order chi connectivity index (χ1) is 12.2. The normalized spacial score (nSPS) is 18.6. The molecule has 0 aromatic carbocycles. The molecule has 134 valence electrons. The molecule has 0 aliphatic carbocycles. The lowest BCUT2D eigenvalue weighted by atomic mass is 10.0. The molecule has 0 spiro atoms. The van der Waals surface area contributed by atoms with Crippen LogP contribution in [0.15, 0.2) is 41.9 Å². The fraction of sp³-hybridized carbons (Fsp3) is 0.526. The highest BCUT2D eigenvalue weighted by atomic mass is 32.2. The summed E-state index contributed by atoms with van der Waals surface area (Å²) in [6.45, 7) is 4.28. The Balaban J connectivity index is 1.49. The summed E-state index contributed by atoms with van der Waals surface area (Å²) in [5.41, 5.74) is 2.38. The molecular formula is C19H27N5S. The van der Waals surface area contributed by atoms with Crippen LogP contribution in [-0.2, 0) is 13.0 Å². The Morgan fingerprint density at radius 1 is 1.24 bits per heavy atom. The molecular weight excluding hydrogens is 330 g/mol. The van der Waals surface area contributed by atoms with E-state index < -0.39 is 0 Å². The van der Waals surface area contributed by atoms with Crippen molar-refractivity contribution in [2.45, 2.75) is 37.0 Å². The van der Waals surface area contributed by atoms with Gasteiger partial charge < -0.3 is 4.90 Å². The van der Waals surface area contributed by atoms with Crippen molar-refractivity contribution >= 4 is 11.8 Å². The predicted molar refractivity (Wildman–Crippen MR) is 103 cm³/mol. The first kappa shape index (κ1) is 18.3. The van der Waals surface area contributed by atoms with Crippen molar-refractivity contribution in [1.29, 1.82) is 0 Å². The van der Waals surface area contributed by atoms with Gasteiger partial charge in [0.25, 0.3) is 0 Å². The van der Waals surface area contributed by atoms with E-state index in [4.69, 9.17) is 0 Å². The first-order valence-electron chi connectivity index (χ1n) is 8.92. The summed E-state index contributed by atoms with van der Waals surface area (Å²) in [7, 11) is 2.24. The molecule has 3 heterocycles. The molecule has 1 fully saturated rings. The Labute approximate surface area is 154 Å². The second-order valence-corrected chi connectivity index (χ2v) is 7.43. The van der Waals surface area contributed by atoms with Gasteiger partial charge in [0.05, 0.1) is 0 Å². The molecule has 2 aromatic rings. The second kappa shape index (κ2) is 9.27. The number of pyridine rings is 1. The summed E-state index contributed by atoms with van der Waals surface area (Å²) in [5.74, 6) is 0. The Bertz CT molecular complexity index is 634. The quantitative estimate of drug-likeness (QED) is 0.561. The van der Waals surface area contributed by atoms with Crippen LogP contribution in [0, 0.1) is 0 Å². The van der Waals surface area contributed by atoms with E-state index in [0.717, 1.165) is 37.8 Å². The molecule has 1 unspecified atom stereocenters. The maximum Gasteiger partial charge on any atom is 0.187 e. The van der Waals surface area contributed by atoms with Gasteiger partial charge in [-0.1, -0.05) is 17.8 Å². The van der Waals surface area contributed by atoms with Crippen molar-refractivity contribution in [3.63, 3.8) is 0 Å². The molecule has 0 amide bonds. The standard InChI is InChI=1S/C19H27N5S/c1-23(11-8-17-6-3-4-9-20-17)18-7-5-10-24(15-18)14-16-12-21-19(25-2)22-13-16/h3-4,6,9,12-13,18H,5,7-8,10-11,14-15H2,1-2H3. The topological polar surface area (TPSA) is 45.2 Å². The molecule has 0 radical (unpaired) electrons. The van der Waals surface area contributed by atoms with E-state index in [1.807, 2.05) is 30.9 Å². The Hall–Kier alpha value is -1.50. The van der Waals surface area contributed by atoms with Gasteiger partial charge in [-0.15, -0.1) is 0 Å². The van der Waals surface area contributed by atoms with Gasteiger partial charge in [-0.3, -0.25) is 9.88 Å². The molecule has 0 bridgehead atoms. The maximum atomic E-state index is 4.43. The van der Waals surface area contributed by atoms with Gasteiger partial charge in [0.1, 0.15) is 0 Å². The first-order valence-corrected chi connectivity index (χ1v) is 10.1. The monoisotopic (exact) mass is 357 g/mol. The zero-order valence-corrected chi connectivity index (χ0v) is 16.0. The third-order valence-corrected chi connectivity index (χ3v) is 5.40. The average Bonchev–Trinajstić information content (AvgIpc) is 2.68. The number of hydrogen-bond donors (Lipinski definition) is 0.